The van der Waals surface area contributed by atoms with Crippen LogP contribution in [0.2, 0.25) is 0 Å². The standard InChI is InChI=1S/C30H27FN8/c31-26-22(21-13-19(16-34-17-21)15-33-14-18-3-1-2-4-18)5-6-23-25(26)29(39-38-23)30-36-24-9-12-35-27(28(24)37-30)20-7-10-32-11-8-20/h5-13,16-18,33H,1-4,14-15H2,(H,36,37)(H,38,39). The van der Waals surface area contributed by atoms with Crippen LogP contribution in [-0.4, -0.2) is 41.7 Å². The molecule has 5 heterocycles. The minimum absolute atomic E-state index is 0.359. The molecule has 0 amide bonds. The van der Waals surface area contributed by atoms with Crippen LogP contribution in [0, 0.1) is 11.7 Å². The van der Waals surface area contributed by atoms with E-state index in [-0.39, 0.29) is 5.82 Å². The average molecular weight is 519 g/mol. The number of nitrogens with zero attached hydrogens (tertiary/aromatic N) is 5. The molecular weight excluding hydrogens is 491 g/mol. The van der Waals surface area contributed by atoms with Crippen molar-refractivity contribution < 1.29 is 4.39 Å². The van der Waals surface area contributed by atoms with E-state index >= 15 is 4.39 Å². The molecule has 1 saturated carbocycles. The number of pyridine rings is 3. The Morgan fingerprint density at radius 2 is 1.77 bits per heavy atom. The quantitative estimate of drug-likeness (QED) is 0.238. The summed E-state index contributed by atoms with van der Waals surface area (Å²) in [6, 6.07) is 11.3. The van der Waals surface area contributed by atoms with E-state index in [9.17, 15) is 0 Å². The molecule has 0 radical (unpaired) electrons. The summed E-state index contributed by atoms with van der Waals surface area (Å²) in [5, 5.41) is 11.3. The summed E-state index contributed by atoms with van der Waals surface area (Å²) < 4.78 is 16.2. The molecule has 1 fully saturated rings. The van der Waals surface area contributed by atoms with Gasteiger partial charge in [0.25, 0.3) is 0 Å². The van der Waals surface area contributed by atoms with Gasteiger partial charge < -0.3 is 10.3 Å². The number of H-pyrrole nitrogens is 2. The van der Waals surface area contributed by atoms with E-state index in [2.05, 4.69) is 35.5 Å². The Hall–Kier alpha value is -4.50. The van der Waals surface area contributed by atoms with Gasteiger partial charge in [-0.2, -0.15) is 5.10 Å². The molecule has 7 rings (SSSR count). The lowest BCUT2D eigenvalue weighted by Gasteiger charge is -2.11. The normalized spacial score (nSPS) is 14.1. The number of halogens is 1. The molecule has 8 nitrogen and oxygen atoms in total. The lowest BCUT2D eigenvalue weighted by molar-refractivity contribution is 0.489. The van der Waals surface area contributed by atoms with E-state index in [0.29, 0.717) is 40.0 Å². The Morgan fingerprint density at radius 1 is 0.897 bits per heavy atom. The van der Waals surface area contributed by atoms with Gasteiger partial charge in [-0.1, -0.05) is 12.8 Å². The van der Waals surface area contributed by atoms with Crippen LogP contribution in [0.3, 0.4) is 0 Å². The largest absolute Gasteiger partial charge is 0.336 e. The van der Waals surface area contributed by atoms with Gasteiger partial charge in [-0.05, 0) is 67.3 Å². The first-order chi connectivity index (χ1) is 19.2. The third-order valence-electron chi connectivity index (χ3n) is 7.59. The van der Waals surface area contributed by atoms with Crippen molar-refractivity contribution in [1.82, 2.24) is 40.4 Å². The van der Waals surface area contributed by atoms with Gasteiger partial charge in [0.2, 0.25) is 0 Å². The molecule has 0 atom stereocenters. The van der Waals surface area contributed by atoms with E-state index in [1.54, 1.807) is 30.9 Å². The zero-order valence-electron chi connectivity index (χ0n) is 21.3. The average Bonchev–Trinajstić information content (AvgIpc) is 3.73. The van der Waals surface area contributed by atoms with Crippen molar-refractivity contribution >= 4 is 21.9 Å². The second kappa shape index (κ2) is 9.99. The summed E-state index contributed by atoms with van der Waals surface area (Å²) >= 11 is 0. The molecule has 39 heavy (non-hydrogen) atoms. The van der Waals surface area contributed by atoms with Crippen molar-refractivity contribution in [3.05, 3.63) is 78.8 Å². The van der Waals surface area contributed by atoms with Gasteiger partial charge in [-0.15, -0.1) is 0 Å². The summed E-state index contributed by atoms with van der Waals surface area (Å²) in [5.74, 6) is 0.871. The van der Waals surface area contributed by atoms with Crippen LogP contribution >= 0.6 is 0 Å². The van der Waals surface area contributed by atoms with E-state index in [4.69, 9.17) is 4.98 Å². The monoisotopic (exact) mass is 518 g/mol. The fraction of sp³-hybridized carbons (Fsp3) is 0.233. The SMILES string of the molecule is Fc1c(-c2cncc(CNCC3CCCC3)c2)ccc2[nH]nc(-c3nc4c(-c5ccncc5)nccc4[nH]3)c12. The summed E-state index contributed by atoms with van der Waals surface area (Å²) in [6.45, 7) is 1.73. The van der Waals surface area contributed by atoms with E-state index in [1.807, 2.05) is 36.5 Å². The number of imidazole rings is 1. The zero-order valence-corrected chi connectivity index (χ0v) is 21.3. The predicted octanol–water partition coefficient (Wildman–Crippen LogP) is 6.04. The molecule has 1 aliphatic carbocycles. The second-order valence-corrected chi connectivity index (χ2v) is 10.2. The Bertz CT molecular complexity index is 1770. The highest BCUT2D eigenvalue weighted by Crippen LogP contribution is 2.35. The predicted molar refractivity (Wildman–Crippen MR) is 149 cm³/mol. The fourth-order valence-electron chi connectivity index (χ4n) is 5.60. The Balaban J connectivity index is 1.24. The molecule has 9 heteroatoms. The van der Waals surface area contributed by atoms with Crippen LogP contribution in [0.15, 0.2) is 67.4 Å². The zero-order chi connectivity index (χ0) is 26.2. The Morgan fingerprint density at radius 3 is 2.64 bits per heavy atom. The number of hydrogen-bond acceptors (Lipinski definition) is 6. The minimum atomic E-state index is -0.359. The van der Waals surface area contributed by atoms with Gasteiger partial charge in [0.1, 0.15) is 17.0 Å². The van der Waals surface area contributed by atoms with Gasteiger partial charge in [0.05, 0.1) is 22.1 Å². The van der Waals surface area contributed by atoms with E-state index in [1.165, 1.54) is 25.7 Å². The molecule has 1 aliphatic rings. The second-order valence-electron chi connectivity index (χ2n) is 10.2. The maximum atomic E-state index is 16.2. The lowest BCUT2D eigenvalue weighted by Crippen LogP contribution is -2.20. The third-order valence-corrected chi connectivity index (χ3v) is 7.59. The maximum Gasteiger partial charge on any atom is 0.159 e. The highest BCUT2D eigenvalue weighted by Gasteiger charge is 2.21. The molecule has 0 spiro atoms. The molecular formula is C30H27FN8. The topological polar surface area (TPSA) is 108 Å². The molecule has 1 aromatic carbocycles. The van der Waals surface area contributed by atoms with Crippen LogP contribution in [0.4, 0.5) is 4.39 Å². The smallest absolute Gasteiger partial charge is 0.159 e. The summed E-state index contributed by atoms with van der Waals surface area (Å²) in [5.41, 5.74) is 6.37. The summed E-state index contributed by atoms with van der Waals surface area (Å²) in [4.78, 5) is 21.1. The Labute approximate surface area is 224 Å². The number of benzene rings is 1. The molecule has 6 aromatic rings. The number of nitrogens with one attached hydrogen (secondary N) is 3. The van der Waals surface area contributed by atoms with Gasteiger partial charge in [0.15, 0.2) is 5.82 Å². The fourth-order valence-corrected chi connectivity index (χ4v) is 5.60. The van der Waals surface area contributed by atoms with Crippen LogP contribution < -0.4 is 5.32 Å². The Kier molecular flexibility index (Phi) is 6.05. The van der Waals surface area contributed by atoms with Crippen LogP contribution in [0.5, 0.6) is 0 Å². The molecule has 0 aliphatic heterocycles. The van der Waals surface area contributed by atoms with Crippen molar-refractivity contribution in [3.8, 4) is 33.9 Å². The molecule has 5 aromatic heterocycles. The number of hydrogen-bond donors (Lipinski definition) is 3. The van der Waals surface area contributed by atoms with Crippen molar-refractivity contribution in [1.29, 1.82) is 0 Å². The minimum Gasteiger partial charge on any atom is -0.336 e. The maximum absolute atomic E-state index is 16.2. The van der Waals surface area contributed by atoms with Crippen molar-refractivity contribution in [3.63, 3.8) is 0 Å². The molecule has 0 saturated heterocycles. The van der Waals surface area contributed by atoms with E-state index in [0.717, 1.165) is 40.4 Å². The molecule has 0 bridgehead atoms. The van der Waals surface area contributed by atoms with Gasteiger partial charge in [0, 0.05) is 54.2 Å². The molecule has 3 N–H and O–H groups in total. The highest BCUT2D eigenvalue weighted by molar-refractivity contribution is 5.98. The number of rotatable bonds is 7. The highest BCUT2D eigenvalue weighted by atomic mass is 19.1. The van der Waals surface area contributed by atoms with Crippen LogP contribution in [-0.2, 0) is 6.54 Å². The van der Waals surface area contributed by atoms with Gasteiger partial charge in [-0.3, -0.25) is 20.1 Å². The third kappa shape index (κ3) is 4.44. The first-order valence-electron chi connectivity index (χ1n) is 13.3. The summed E-state index contributed by atoms with van der Waals surface area (Å²) in [6.07, 6.45) is 14.0. The van der Waals surface area contributed by atoms with Gasteiger partial charge >= 0.3 is 0 Å². The number of aromatic amines is 2. The summed E-state index contributed by atoms with van der Waals surface area (Å²) in [7, 11) is 0. The van der Waals surface area contributed by atoms with Crippen LogP contribution in [0.25, 0.3) is 55.8 Å². The van der Waals surface area contributed by atoms with Crippen LogP contribution in [0.1, 0.15) is 31.2 Å². The van der Waals surface area contributed by atoms with Gasteiger partial charge in [-0.25, -0.2) is 9.37 Å². The molecule has 194 valence electrons. The lowest BCUT2D eigenvalue weighted by atomic mass is 10.0. The van der Waals surface area contributed by atoms with Crippen molar-refractivity contribution in [2.24, 2.45) is 5.92 Å². The van der Waals surface area contributed by atoms with Crippen molar-refractivity contribution in [2.75, 3.05) is 6.54 Å². The first-order valence-corrected chi connectivity index (χ1v) is 13.3. The number of aromatic nitrogens is 7. The molecule has 0 unspecified atom stereocenters. The number of fused-ring (bicyclic) bond motifs is 2. The first kappa shape index (κ1) is 23.6. The van der Waals surface area contributed by atoms with Crippen molar-refractivity contribution in [2.45, 2.75) is 32.2 Å². The van der Waals surface area contributed by atoms with E-state index < -0.39 is 0 Å².